The normalized spacial score (nSPS) is 10.6. The molecule has 0 radical (unpaired) electrons. The van der Waals surface area contributed by atoms with Gasteiger partial charge in [-0.25, -0.2) is 0 Å². The standard InChI is InChI=1S/C24H27N3O4/c1-15-10-16(2)22(17(3)11-15)23(28)24(29)26-19-13-25-27(14-19)9-8-18-6-7-20(30-4)21(12-18)31-5/h6-7,10-14H,8-9H2,1-5H3,(H,26,29). The maximum atomic E-state index is 12.7. The summed E-state index contributed by atoms with van der Waals surface area (Å²) in [7, 11) is 3.20. The minimum absolute atomic E-state index is 0.448. The maximum absolute atomic E-state index is 12.7. The summed E-state index contributed by atoms with van der Waals surface area (Å²) in [6, 6.07) is 9.57. The Hall–Kier alpha value is -3.61. The molecule has 1 aromatic heterocycles. The molecular formula is C24H27N3O4. The van der Waals surface area contributed by atoms with Gasteiger partial charge in [-0.2, -0.15) is 5.10 Å². The molecule has 0 saturated carbocycles. The zero-order valence-corrected chi connectivity index (χ0v) is 18.5. The fourth-order valence-electron chi connectivity index (χ4n) is 3.67. The molecular weight excluding hydrogens is 394 g/mol. The van der Waals surface area contributed by atoms with Gasteiger partial charge in [-0.3, -0.25) is 14.3 Å². The van der Waals surface area contributed by atoms with Crippen LogP contribution >= 0.6 is 0 Å². The lowest BCUT2D eigenvalue weighted by Crippen LogP contribution is -2.24. The van der Waals surface area contributed by atoms with E-state index >= 15 is 0 Å². The Morgan fingerprint density at radius 1 is 1.00 bits per heavy atom. The molecule has 0 unspecified atom stereocenters. The highest BCUT2D eigenvalue weighted by Crippen LogP contribution is 2.27. The third-order valence-corrected chi connectivity index (χ3v) is 5.08. The lowest BCUT2D eigenvalue weighted by molar-refractivity contribution is -0.112. The van der Waals surface area contributed by atoms with Gasteiger partial charge in [-0.1, -0.05) is 23.8 Å². The Kier molecular flexibility index (Phi) is 6.74. The summed E-state index contributed by atoms with van der Waals surface area (Å²) in [6.45, 7) is 6.25. The van der Waals surface area contributed by atoms with Crippen molar-refractivity contribution in [3.63, 3.8) is 0 Å². The van der Waals surface area contributed by atoms with Gasteiger partial charge in [-0.05, 0) is 56.0 Å². The van der Waals surface area contributed by atoms with Crippen molar-refractivity contribution >= 4 is 17.4 Å². The number of hydrogen-bond acceptors (Lipinski definition) is 5. The first kappa shape index (κ1) is 22.1. The molecule has 3 rings (SSSR count). The molecule has 0 aliphatic heterocycles. The van der Waals surface area contributed by atoms with Crippen LogP contribution in [-0.4, -0.2) is 35.7 Å². The molecule has 31 heavy (non-hydrogen) atoms. The molecule has 1 heterocycles. The highest BCUT2D eigenvalue weighted by atomic mass is 16.5. The predicted molar refractivity (Wildman–Crippen MR) is 119 cm³/mol. The van der Waals surface area contributed by atoms with Gasteiger partial charge in [0.25, 0.3) is 11.7 Å². The van der Waals surface area contributed by atoms with Crippen LogP contribution in [0.1, 0.15) is 32.6 Å². The van der Waals surface area contributed by atoms with E-state index in [0.717, 1.165) is 28.7 Å². The van der Waals surface area contributed by atoms with E-state index in [1.807, 2.05) is 51.1 Å². The molecule has 2 aromatic carbocycles. The monoisotopic (exact) mass is 421 g/mol. The van der Waals surface area contributed by atoms with E-state index in [1.165, 1.54) is 6.20 Å². The number of benzene rings is 2. The molecule has 7 nitrogen and oxygen atoms in total. The minimum atomic E-state index is -0.672. The van der Waals surface area contributed by atoms with Crippen molar-refractivity contribution in [2.24, 2.45) is 0 Å². The van der Waals surface area contributed by atoms with Gasteiger partial charge in [0.2, 0.25) is 0 Å². The number of nitrogens with one attached hydrogen (secondary N) is 1. The van der Waals surface area contributed by atoms with Gasteiger partial charge in [0.1, 0.15) is 0 Å². The third-order valence-electron chi connectivity index (χ3n) is 5.08. The predicted octanol–water partition coefficient (Wildman–Crippen LogP) is 3.89. The molecule has 1 N–H and O–H groups in total. The lowest BCUT2D eigenvalue weighted by atomic mass is 9.96. The van der Waals surface area contributed by atoms with Crippen LogP contribution in [0.2, 0.25) is 0 Å². The van der Waals surface area contributed by atoms with Crippen molar-refractivity contribution in [2.45, 2.75) is 33.7 Å². The third kappa shape index (κ3) is 5.12. The van der Waals surface area contributed by atoms with Crippen LogP contribution < -0.4 is 14.8 Å². The average molecular weight is 421 g/mol. The van der Waals surface area contributed by atoms with Crippen LogP contribution in [0.25, 0.3) is 0 Å². The van der Waals surface area contributed by atoms with Crippen molar-refractivity contribution in [2.75, 3.05) is 19.5 Å². The Morgan fingerprint density at radius 2 is 1.68 bits per heavy atom. The van der Waals surface area contributed by atoms with E-state index in [-0.39, 0.29) is 0 Å². The van der Waals surface area contributed by atoms with E-state index in [2.05, 4.69) is 10.4 Å². The van der Waals surface area contributed by atoms with E-state index in [9.17, 15) is 9.59 Å². The van der Waals surface area contributed by atoms with Crippen molar-refractivity contribution in [3.8, 4) is 11.5 Å². The minimum Gasteiger partial charge on any atom is -0.493 e. The van der Waals surface area contributed by atoms with Crippen LogP contribution in [0.5, 0.6) is 11.5 Å². The van der Waals surface area contributed by atoms with Gasteiger partial charge in [0, 0.05) is 18.3 Å². The molecule has 0 saturated heterocycles. The van der Waals surface area contributed by atoms with Gasteiger partial charge in [-0.15, -0.1) is 0 Å². The van der Waals surface area contributed by atoms with E-state index < -0.39 is 11.7 Å². The Morgan fingerprint density at radius 3 is 2.32 bits per heavy atom. The van der Waals surface area contributed by atoms with E-state index in [4.69, 9.17) is 9.47 Å². The summed E-state index contributed by atoms with van der Waals surface area (Å²) < 4.78 is 12.3. The molecule has 0 atom stereocenters. The summed E-state index contributed by atoms with van der Waals surface area (Å²) in [5, 5.41) is 6.93. The first-order valence-electron chi connectivity index (χ1n) is 9.99. The smallest absolute Gasteiger partial charge is 0.296 e. The number of carbonyl (C=O) groups excluding carboxylic acids is 2. The number of Topliss-reactive ketones (excluding diaryl/α,β-unsaturated/α-hetero) is 1. The molecule has 0 aliphatic carbocycles. The zero-order valence-electron chi connectivity index (χ0n) is 18.5. The lowest BCUT2D eigenvalue weighted by Gasteiger charge is -2.10. The van der Waals surface area contributed by atoms with Crippen LogP contribution in [0, 0.1) is 20.8 Å². The summed E-state index contributed by atoms with van der Waals surface area (Å²) in [4.78, 5) is 25.2. The maximum Gasteiger partial charge on any atom is 0.296 e. The van der Waals surface area contributed by atoms with Gasteiger partial charge in [0.15, 0.2) is 11.5 Å². The van der Waals surface area contributed by atoms with Crippen LogP contribution in [0.3, 0.4) is 0 Å². The molecule has 0 bridgehead atoms. The van der Waals surface area contributed by atoms with Gasteiger partial charge in [0.05, 0.1) is 26.1 Å². The van der Waals surface area contributed by atoms with Crippen LogP contribution in [0.15, 0.2) is 42.7 Å². The summed E-state index contributed by atoms with van der Waals surface area (Å²) in [5.41, 5.74) is 4.64. The average Bonchev–Trinajstić information content (AvgIpc) is 3.18. The molecule has 7 heteroatoms. The molecule has 0 spiro atoms. The number of anilines is 1. The number of carbonyl (C=O) groups is 2. The first-order chi connectivity index (χ1) is 14.8. The van der Waals surface area contributed by atoms with Crippen molar-refractivity contribution < 1.29 is 19.1 Å². The number of aryl methyl sites for hydroxylation is 5. The first-order valence-corrected chi connectivity index (χ1v) is 9.99. The Bertz CT molecular complexity index is 1090. The summed E-state index contributed by atoms with van der Waals surface area (Å²) >= 11 is 0. The number of nitrogens with zero attached hydrogens (tertiary/aromatic N) is 2. The van der Waals surface area contributed by atoms with Gasteiger partial charge < -0.3 is 14.8 Å². The Balaban J connectivity index is 1.64. The topological polar surface area (TPSA) is 82.5 Å². The summed E-state index contributed by atoms with van der Waals surface area (Å²) in [5.74, 6) is 0.134. The number of ether oxygens (including phenoxy) is 2. The Labute approximate surface area is 182 Å². The number of aromatic nitrogens is 2. The second-order valence-electron chi connectivity index (χ2n) is 7.49. The van der Waals surface area contributed by atoms with Crippen LogP contribution in [-0.2, 0) is 17.8 Å². The van der Waals surface area contributed by atoms with Crippen LogP contribution in [0.4, 0.5) is 5.69 Å². The molecule has 1 amide bonds. The highest BCUT2D eigenvalue weighted by molar-refractivity contribution is 6.47. The number of methoxy groups -OCH3 is 2. The summed E-state index contributed by atoms with van der Waals surface area (Å²) in [6.07, 6.45) is 3.96. The van der Waals surface area contributed by atoms with Gasteiger partial charge >= 0.3 is 0 Å². The molecule has 162 valence electrons. The SMILES string of the molecule is COc1ccc(CCn2cc(NC(=O)C(=O)c3c(C)cc(C)cc3C)cn2)cc1OC. The highest BCUT2D eigenvalue weighted by Gasteiger charge is 2.21. The number of ketones is 1. The molecule has 3 aromatic rings. The zero-order chi connectivity index (χ0) is 22.5. The number of hydrogen-bond donors (Lipinski definition) is 1. The van der Waals surface area contributed by atoms with E-state index in [1.54, 1.807) is 25.1 Å². The number of rotatable bonds is 8. The van der Waals surface area contributed by atoms with Crippen molar-refractivity contribution in [3.05, 3.63) is 70.5 Å². The van der Waals surface area contributed by atoms with Crippen molar-refractivity contribution in [1.82, 2.24) is 9.78 Å². The quantitative estimate of drug-likeness (QED) is 0.441. The second kappa shape index (κ2) is 9.47. The second-order valence-corrected chi connectivity index (χ2v) is 7.49. The number of amides is 1. The van der Waals surface area contributed by atoms with Crippen molar-refractivity contribution in [1.29, 1.82) is 0 Å². The largest absolute Gasteiger partial charge is 0.493 e. The molecule has 0 fully saturated rings. The molecule has 0 aliphatic rings. The fraction of sp³-hybridized carbons (Fsp3) is 0.292. The fourth-order valence-corrected chi connectivity index (χ4v) is 3.67. The van der Waals surface area contributed by atoms with E-state index in [0.29, 0.717) is 29.3 Å².